The van der Waals surface area contributed by atoms with E-state index >= 15 is 0 Å². The Bertz CT molecular complexity index is 456. The molecular formula is C17H26N2O. The minimum absolute atomic E-state index is 0.584. The van der Waals surface area contributed by atoms with Crippen LogP contribution in [0.15, 0.2) is 18.2 Å². The third-order valence-corrected chi connectivity index (χ3v) is 4.75. The number of fused-ring (bicyclic) bond motifs is 1. The van der Waals surface area contributed by atoms with Gasteiger partial charge in [0.15, 0.2) is 0 Å². The monoisotopic (exact) mass is 274 g/mol. The van der Waals surface area contributed by atoms with Crippen molar-refractivity contribution in [1.82, 2.24) is 10.2 Å². The Hall–Kier alpha value is -1.06. The van der Waals surface area contributed by atoms with Gasteiger partial charge in [0.1, 0.15) is 5.75 Å². The molecule has 1 aromatic carbocycles. The lowest BCUT2D eigenvalue weighted by atomic mass is 9.85. The molecule has 0 spiro atoms. The zero-order valence-corrected chi connectivity index (χ0v) is 12.7. The van der Waals surface area contributed by atoms with E-state index in [-0.39, 0.29) is 0 Å². The van der Waals surface area contributed by atoms with Crippen LogP contribution in [0.5, 0.6) is 5.75 Å². The van der Waals surface area contributed by atoms with Crippen molar-refractivity contribution < 1.29 is 4.74 Å². The SMILES string of the molecule is CCCN(C1CNC1)C1CCCc2ccc(OC)cc21. The summed E-state index contributed by atoms with van der Waals surface area (Å²) in [5.74, 6) is 0.999. The largest absolute Gasteiger partial charge is 0.497 e. The summed E-state index contributed by atoms with van der Waals surface area (Å²) in [5.41, 5.74) is 3.03. The fraction of sp³-hybridized carbons (Fsp3) is 0.647. The van der Waals surface area contributed by atoms with Gasteiger partial charge in [-0.25, -0.2) is 0 Å². The standard InChI is InChI=1S/C17H26N2O/c1-3-9-19(14-11-18-12-14)17-6-4-5-13-7-8-15(20-2)10-16(13)17/h7-8,10,14,17-18H,3-6,9,11-12H2,1-2H3. The first-order valence-electron chi connectivity index (χ1n) is 7.96. The molecule has 1 N–H and O–H groups in total. The van der Waals surface area contributed by atoms with Crippen LogP contribution in [0.1, 0.15) is 43.4 Å². The van der Waals surface area contributed by atoms with Gasteiger partial charge < -0.3 is 10.1 Å². The summed E-state index contributed by atoms with van der Waals surface area (Å²) in [6.07, 6.45) is 5.05. The number of hydrogen-bond acceptors (Lipinski definition) is 3. The van der Waals surface area contributed by atoms with Gasteiger partial charge in [-0.05, 0) is 55.5 Å². The minimum Gasteiger partial charge on any atom is -0.497 e. The van der Waals surface area contributed by atoms with Crippen molar-refractivity contribution in [2.75, 3.05) is 26.7 Å². The highest BCUT2D eigenvalue weighted by atomic mass is 16.5. The summed E-state index contributed by atoms with van der Waals surface area (Å²) in [7, 11) is 1.76. The number of benzene rings is 1. The van der Waals surface area contributed by atoms with Crippen molar-refractivity contribution >= 4 is 0 Å². The van der Waals surface area contributed by atoms with Gasteiger partial charge in [-0.3, -0.25) is 4.90 Å². The lowest BCUT2D eigenvalue weighted by Crippen LogP contribution is -2.58. The van der Waals surface area contributed by atoms with Gasteiger partial charge in [-0.15, -0.1) is 0 Å². The quantitative estimate of drug-likeness (QED) is 0.893. The zero-order chi connectivity index (χ0) is 13.9. The maximum atomic E-state index is 5.44. The zero-order valence-electron chi connectivity index (χ0n) is 12.7. The van der Waals surface area contributed by atoms with Crippen LogP contribution >= 0.6 is 0 Å². The molecule has 0 radical (unpaired) electrons. The third-order valence-electron chi connectivity index (χ3n) is 4.75. The van der Waals surface area contributed by atoms with Gasteiger partial charge in [-0.1, -0.05) is 13.0 Å². The number of ether oxygens (including phenoxy) is 1. The highest BCUT2D eigenvalue weighted by molar-refractivity contribution is 5.39. The first-order valence-corrected chi connectivity index (χ1v) is 7.96. The predicted molar refractivity (Wildman–Crippen MR) is 82.3 cm³/mol. The lowest BCUT2D eigenvalue weighted by molar-refractivity contribution is 0.0842. The van der Waals surface area contributed by atoms with E-state index in [1.165, 1.54) is 43.4 Å². The van der Waals surface area contributed by atoms with Crippen molar-refractivity contribution in [2.24, 2.45) is 0 Å². The summed E-state index contributed by atoms with van der Waals surface area (Å²) >= 11 is 0. The topological polar surface area (TPSA) is 24.5 Å². The van der Waals surface area contributed by atoms with Crippen LogP contribution < -0.4 is 10.1 Å². The van der Waals surface area contributed by atoms with Crippen LogP contribution in [0.3, 0.4) is 0 Å². The Morgan fingerprint density at radius 2 is 2.20 bits per heavy atom. The molecule has 1 aliphatic heterocycles. The molecule has 0 aromatic heterocycles. The Labute approximate surface area is 122 Å². The maximum absolute atomic E-state index is 5.44. The molecule has 0 amide bonds. The molecule has 1 heterocycles. The molecule has 0 bridgehead atoms. The van der Waals surface area contributed by atoms with E-state index in [4.69, 9.17) is 4.74 Å². The van der Waals surface area contributed by atoms with Gasteiger partial charge in [0.25, 0.3) is 0 Å². The van der Waals surface area contributed by atoms with Gasteiger partial charge in [-0.2, -0.15) is 0 Å². The second kappa shape index (κ2) is 6.15. The maximum Gasteiger partial charge on any atom is 0.119 e. The summed E-state index contributed by atoms with van der Waals surface area (Å²) in [5, 5.41) is 3.42. The van der Waals surface area contributed by atoms with Crippen LogP contribution in [0.2, 0.25) is 0 Å². The minimum atomic E-state index is 0.584. The van der Waals surface area contributed by atoms with Gasteiger partial charge >= 0.3 is 0 Å². The summed E-state index contributed by atoms with van der Waals surface area (Å²) in [6, 6.07) is 7.95. The van der Waals surface area contributed by atoms with Crippen molar-refractivity contribution in [1.29, 1.82) is 0 Å². The number of methoxy groups -OCH3 is 1. The molecule has 0 saturated carbocycles. The fourth-order valence-electron chi connectivity index (χ4n) is 3.58. The number of nitrogens with one attached hydrogen (secondary N) is 1. The highest BCUT2D eigenvalue weighted by Crippen LogP contribution is 2.37. The first kappa shape index (κ1) is 13.9. The average Bonchev–Trinajstić information content (AvgIpc) is 2.43. The number of aryl methyl sites for hydroxylation is 1. The number of nitrogens with zero attached hydrogens (tertiary/aromatic N) is 1. The molecule has 1 aliphatic carbocycles. The molecule has 20 heavy (non-hydrogen) atoms. The van der Waals surface area contributed by atoms with Crippen LogP contribution in [0, 0.1) is 0 Å². The van der Waals surface area contributed by atoms with E-state index in [1.54, 1.807) is 7.11 Å². The van der Waals surface area contributed by atoms with Crippen molar-refractivity contribution in [3.63, 3.8) is 0 Å². The van der Waals surface area contributed by atoms with Crippen molar-refractivity contribution in [3.05, 3.63) is 29.3 Å². The summed E-state index contributed by atoms with van der Waals surface area (Å²) in [6.45, 7) is 5.79. The molecule has 1 saturated heterocycles. The van der Waals surface area contributed by atoms with Gasteiger partial charge in [0, 0.05) is 25.2 Å². The summed E-state index contributed by atoms with van der Waals surface area (Å²) in [4.78, 5) is 2.73. The predicted octanol–water partition coefficient (Wildman–Crippen LogP) is 2.76. The molecule has 1 unspecified atom stereocenters. The van der Waals surface area contributed by atoms with Gasteiger partial charge in [0.2, 0.25) is 0 Å². The second-order valence-electron chi connectivity index (χ2n) is 6.02. The Kier molecular flexibility index (Phi) is 4.27. The molecule has 3 nitrogen and oxygen atoms in total. The van der Waals surface area contributed by atoms with E-state index in [0.717, 1.165) is 24.9 Å². The van der Waals surface area contributed by atoms with Crippen molar-refractivity contribution in [3.8, 4) is 5.75 Å². The molecule has 3 heteroatoms. The molecular weight excluding hydrogens is 248 g/mol. The van der Waals surface area contributed by atoms with Crippen LogP contribution in [0.25, 0.3) is 0 Å². The van der Waals surface area contributed by atoms with E-state index < -0.39 is 0 Å². The first-order chi connectivity index (χ1) is 9.83. The smallest absolute Gasteiger partial charge is 0.119 e. The van der Waals surface area contributed by atoms with E-state index in [1.807, 2.05) is 0 Å². The number of hydrogen-bond donors (Lipinski definition) is 1. The van der Waals surface area contributed by atoms with Crippen LogP contribution in [-0.2, 0) is 6.42 Å². The Morgan fingerprint density at radius 3 is 2.85 bits per heavy atom. The highest BCUT2D eigenvalue weighted by Gasteiger charge is 2.33. The van der Waals surface area contributed by atoms with Gasteiger partial charge in [0.05, 0.1) is 7.11 Å². The lowest BCUT2D eigenvalue weighted by Gasteiger charge is -2.45. The van der Waals surface area contributed by atoms with Crippen LogP contribution in [0.4, 0.5) is 0 Å². The Morgan fingerprint density at radius 1 is 1.35 bits per heavy atom. The number of rotatable bonds is 5. The molecule has 1 atom stereocenters. The Balaban J connectivity index is 1.89. The van der Waals surface area contributed by atoms with Crippen LogP contribution in [-0.4, -0.2) is 37.7 Å². The average molecular weight is 274 g/mol. The fourth-order valence-corrected chi connectivity index (χ4v) is 3.58. The second-order valence-corrected chi connectivity index (χ2v) is 6.02. The molecule has 3 rings (SSSR count). The van der Waals surface area contributed by atoms with E-state index in [2.05, 4.69) is 35.3 Å². The normalized spacial score (nSPS) is 22.4. The van der Waals surface area contributed by atoms with E-state index in [0.29, 0.717) is 6.04 Å². The molecule has 2 aliphatic rings. The van der Waals surface area contributed by atoms with E-state index in [9.17, 15) is 0 Å². The molecule has 110 valence electrons. The molecule has 1 aromatic rings. The summed E-state index contributed by atoms with van der Waals surface area (Å²) < 4.78 is 5.44. The molecule has 1 fully saturated rings. The van der Waals surface area contributed by atoms with Crippen molar-refractivity contribution in [2.45, 2.75) is 44.7 Å². The third kappa shape index (κ3) is 2.57.